The molecule has 1 saturated heterocycles. The van der Waals surface area contributed by atoms with Crippen LogP contribution in [0.15, 0.2) is 41.5 Å². The number of halogens is 1. The number of primary amides is 1. The lowest BCUT2D eigenvalue weighted by atomic mass is 10.1. The number of fused-ring (bicyclic) bond motifs is 1. The molecule has 7 N–H and O–H groups in total. The van der Waals surface area contributed by atoms with Gasteiger partial charge in [0.05, 0.1) is 17.3 Å². The molecule has 1 fully saturated rings. The van der Waals surface area contributed by atoms with Crippen LogP contribution in [0.2, 0.25) is 0 Å². The lowest BCUT2D eigenvalue weighted by Crippen LogP contribution is -2.50. The molecule has 1 aliphatic rings. The molecule has 0 atom stereocenters. The number of carbonyl (C=O) groups is 2. The van der Waals surface area contributed by atoms with Crippen molar-refractivity contribution in [3.8, 4) is 0 Å². The number of nitrogen functional groups attached to an aromatic ring is 1. The third-order valence-electron chi connectivity index (χ3n) is 6.01. The third kappa shape index (κ3) is 6.31. The summed E-state index contributed by atoms with van der Waals surface area (Å²) in [6, 6.07) is 1.63. The predicted molar refractivity (Wildman–Crippen MR) is 154 cm³/mol. The van der Waals surface area contributed by atoms with Gasteiger partial charge < -0.3 is 31.6 Å². The van der Waals surface area contributed by atoms with Crippen LogP contribution in [0.25, 0.3) is 11.0 Å². The number of urea groups is 1. The molecule has 0 bridgehead atoms. The highest BCUT2D eigenvalue weighted by Gasteiger charge is 2.20. The minimum atomic E-state index is -0.659. The summed E-state index contributed by atoms with van der Waals surface area (Å²) in [6.45, 7) is 3.09. The van der Waals surface area contributed by atoms with Crippen molar-refractivity contribution in [1.29, 1.82) is 5.41 Å². The summed E-state index contributed by atoms with van der Waals surface area (Å²) in [6.07, 6.45) is 8.22. The molecule has 13 nitrogen and oxygen atoms in total. The number of anilines is 1. The standard InChI is InChI=1S/C24H28IN11O2/c1-35-4-6-36(7-5-35)24(38)32-15(9-25)11-29-3-2-14-8-16(21(27)31-10-14)19(26)23-33-18-13-30-12-17(22(28)37)20(18)34-23/h3,8,10-13,26H,2,4-7,9H2,1H3,(H2,27,31)(H2,28,37)(H,32,38)(H,33,34)/b15-11+,26-19?,29-3?. The number of alkyl halides is 1. The number of nitrogens with two attached hydrogens (primary N) is 2. The molecule has 3 amide bonds. The lowest BCUT2D eigenvalue weighted by molar-refractivity contribution is 0.100. The van der Waals surface area contributed by atoms with Gasteiger partial charge in [-0.15, -0.1) is 0 Å². The van der Waals surface area contributed by atoms with Gasteiger partial charge in [0.2, 0.25) is 0 Å². The Bertz CT molecular complexity index is 1420. The van der Waals surface area contributed by atoms with Crippen LogP contribution < -0.4 is 16.8 Å². The number of hydrogen-bond acceptors (Lipinski definition) is 9. The smallest absolute Gasteiger partial charge is 0.321 e. The number of carbonyl (C=O) groups excluding carboxylic acids is 2. The maximum Gasteiger partial charge on any atom is 0.321 e. The first-order valence-corrected chi connectivity index (χ1v) is 13.3. The van der Waals surface area contributed by atoms with Gasteiger partial charge in [-0.05, 0) is 18.7 Å². The van der Waals surface area contributed by atoms with Crippen molar-refractivity contribution in [1.82, 2.24) is 35.1 Å². The predicted octanol–water partition coefficient (Wildman–Crippen LogP) is 1.30. The number of likely N-dealkylation sites (N-methyl/N-ethyl adjacent to an activating group) is 1. The highest BCUT2D eigenvalue weighted by atomic mass is 127. The molecular formula is C24H28IN11O2. The van der Waals surface area contributed by atoms with E-state index in [1.165, 1.54) is 12.4 Å². The first kappa shape index (κ1) is 27.1. The van der Waals surface area contributed by atoms with E-state index in [1.807, 2.05) is 7.05 Å². The second-order valence-corrected chi connectivity index (χ2v) is 9.49. The largest absolute Gasteiger partial charge is 0.383 e. The van der Waals surface area contributed by atoms with Crippen LogP contribution in [0.5, 0.6) is 0 Å². The summed E-state index contributed by atoms with van der Waals surface area (Å²) in [7, 11) is 2.04. The number of aliphatic imine (C=N–C) groups is 1. The topological polar surface area (TPSA) is 195 Å². The van der Waals surface area contributed by atoms with Gasteiger partial charge in [0.15, 0.2) is 5.82 Å². The molecule has 0 aliphatic carbocycles. The fourth-order valence-electron chi connectivity index (χ4n) is 3.82. The van der Waals surface area contributed by atoms with Crippen LogP contribution in [0, 0.1) is 5.41 Å². The number of aromatic amines is 1. The first-order valence-electron chi connectivity index (χ1n) is 11.7. The van der Waals surface area contributed by atoms with E-state index in [4.69, 9.17) is 16.9 Å². The quantitative estimate of drug-likeness (QED) is 0.141. The Kier molecular flexibility index (Phi) is 8.62. The number of hydrogen-bond donors (Lipinski definition) is 5. The molecule has 3 aromatic heterocycles. The minimum absolute atomic E-state index is 0.0131. The average molecular weight is 629 g/mol. The molecule has 1 aliphatic heterocycles. The second-order valence-electron chi connectivity index (χ2n) is 8.73. The fourth-order valence-corrected chi connectivity index (χ4v) is 4.20. The Morgan fingerprint density at radius 1 is 1.24 bits per heavy atom. The van der Waals surface area contributed by atoms with Crippen molar-refractivity contribution < 1.29 is 9.59 Å². The Balaban J connectivity index is 1.43. The number of aromatic nitrogens is 4. The van der Waals surface area contributed by atoms with Gasteiger partial charge in [0.1, 0.15) is 17.0 Å². The highest BCUT2D eigenvalue weighted by Crippen LogP contribution is 2.19. The summed E-state index contributed by atoms with van der Waals surface area (Å²) < 4.78 is 0.601. The van der Waals surface area contributed by atoms with Crippen molar-refractivity contribution in [3.05, 3.63) is 59.1 Å². The number of amides is 3. The van der Waals surface area contributed by atoms with Gasteiger partial charge >= 0.3 is 6.03 Å². The van der Waals surface area contributed by atoms with E-state index in [1.54, 1.807) is 29.6 Å². The molecule has 0 spiro atoms. The molecule has 4 rings (SSSR count). The van der Waals surface area contributed by atoms with Crippen molar-refractivity contribution in [2.75, 3.05) is 43.4 Å². The zero-order valence-corrected chi connectivity index (χ0v) is 22.9. The van der Waals surface area contributed by atoms with Gasteiger partial charge in [-0.25, -0.2) is 14.8 Å². The first-order chi connectivity index (χ1) is 18.3. The van der Waals surface area contributed by atoms with Crippen LogP contribution in [0.3, 0.4) is 0 Å². The van der Waals surface area contributed by atoms with Crippen LogP contribution >= 0.6 is 22.6 Å². The zero-order chi connectivity index (χ0) is 27.2. The van der Waals surface area contributed by atoms with Gasteiger partial charge in [0, 0.05) is 73.1 Å². The monoisotopic (exact) mass is 629 g/mol. The molecule has 0 radical (unpaired) electrons. The van der Waals surface area contributed by atoms with Gasteiger partial charge in [-0.2, -0.15) is 0 Å². The van der Waals surface area contributed by atoms with E-state index in [0.29, 0.717) is 46.2 Å². The molecule has 38 heavy (non-hydrogen) atoms. The summed E-state index contributed by atoms with van der Waals surface area (Å²) >= 11 is 2.18. The maximum atomic E-state index is 12.5. The number of allylic oxidation sites excluding steroid dienone is 1. The van der Waals surface area contributed by atoms with Gasteiger partial charge in [-0.3, -0.25) is 20.2 Å². The van der Waals surface area contributed by atoms with E-state index in [-0.39, 0.29) is 28.9 Å². The Morgan fingerprint density at radius 3 is 2.71 bits per heavy atom. The Hall–Kier alpha value is -3.92. The maximum absolute atomic E-state index is 12.5. The van der Waals surface area contributed by atoms with E-state index in [0.717, 1.165) is 18.7 Å². The molecule has 14 heteroatoms. The Labute approximate surface area is 232 Å². The van der Waals surface area contributed by atoms with Crippen LogP contribution in [-0.4, -0.2) is 91.3 Å². The Morgan fingerprint density at radius 2 is 2.00 bits per heavy atom. The van der Waals surface area contributed by atoms with Crippen LogP contribution in [0.4, 0.5) is 10.6 Å². The lowest BCUT2D eigenvalue weighted by Gasteiger charge is -2.32. The van der Waals surface area contributed by atoms with Crippen molar-refractivity contribution in [3.63, 3.8) is 0 Å². The van der Waals surface area contributed by atoms with Gasteiger partial charge in [0.25, 0.3) is 5.91 Å². The SMILES string of the molecule is CN1CCN(C(=O)N/C(=C/N=CCc2cnc(N)c(C(=N)c3nc4c(C(N)=O)cncc4[nH]3)c2)CI)CC1. The number of nitrogens with zero attached hydrogens (tertiary/aromatic N) is 6. The van der Waals surface area contributed by atoms with Crippen molar-refractivity contribution in [2.24, 2.45) is 10.7 Å². The number of piperazine rings is 1. The summed E-state index contributed by atoms with van der Waals surface area (Å²) in [5, 5.41) is 11.6. The van der Waals surface area contributed by atoms with Crippen LogP contribution in [0.1, 0.15) is 27.3 Å². The van der Waals surface area contributed by atoms with E-state index in [2.05, 4.69) is 57.7 Å². The normalized spacial score (nSPS) is 14.8. The number of H-pyrrole nitrogens is 1. The van der Waals surface area contributed by atoms with Crippen molar-refractivity contribution >= 4 is 63.3 Å². The minimum Gasteiger partial charge on any atom is -0.383 e. The van der Waals surface area contributed by atoms with Gasteiger partial charge in [-0.1, -0.05) is 22.6 Å². The van der Waals surface area contributed by atoms with E-state index < -0.39 is 5.91 Å². The molecule has 4 heterocycles. The second kappa shape index (κ2) is 12.1. The van der Waals surface area contributed by atoms with E-state index >= 15 is 0 Å². The summed E-state index contributed by atoms with van der Waals surface area (Å²) in [5.74, 6) is -0.280. The highest BCUT2D eigenvalue weighted by molar-refractivity contribution is 14.1. The molecular weight excluding hydrogens is 601 g/mol. The number of nitrogens with one attached hydrogen (secondary N) is 3. The van der Waals surface area contributed by atoms with Crippen molar-refractivity contribution in [2.45, 2.75) is 6.42 Å². The fraction of sp³-hybridized carbons (Fsp3) is 0.292. The van der Waals surface area contributed by atoms with E-state index in [9.17, 15) is 9.59 Å². The molecule has 3 aromatic rings. The number of rotatable bonds is 8. The molecule has 0 saturated carbocycles. The molecule has 0 aromatic carbocycles. The average Bonchev–Trinajstić information content (AvgIpc) is 3.35. The zero-order valence-electron chi connectivity index (χ0n) is 20.7. The molecule has 198 valence electrons. The third-order valence-corrected chi connectivity index (χ3v) is 6.83. The molecule has 0 unspecified atom stereocenters. The van der Waals surface area contributed by atoms with Crippen LogP contribution in [-0.2, 0) is 6.42 Å². The number of pyridine rings is 2. The number of imidazole rings is 1. The summed E-state index contributed by atoms with van der Waals surface area (Å²) in [4.78, 5) is 48.1. The summed E-state index contributed by atoms with van der Waals surface area (Å²) in [5.41, 5.74) is 14.3.